The molecule has 0 saturated carbocycles. The normalized spacial score (nSPS) is 15.4. The molecule has 0 bridgehead atoms. The summed E-state index contributed by atoms with van der Waals surface area (Å²) in [4.78, 5) is 17.1. The van der Waals surface area contributed by atoms with E-state index in [0.717, 1.165) is 4.31 Å². The standard InChI is InChI=1S/C22H21ClN4O6S2/c23-16-3-8-21(27(34(29)30)18-2-1-9-24-15-18)20(14-16)22(28)25-17-4-6-19(7-5-17)35(31,32)26-10-12-33-13-11-26/h1-9,14-15H,10-13H2,(H,25,28)(H,29,30)/p-1. The molecule has 1 unspecified atom stereocenters. The highest BCUT2D eigenvalue weighted by molar-refractivity contribution is 7.89. The number of rotatable bonds is 7. The first-order valence-corrected chi connectivity index (χ1v) is 13.2. The Morgan fingerprint density at radius 2 is 1.86 bits per heavy atom. The average molecular weight is 536 g/mol. The third kappa shape index (κ3) is 5.69. The summed E-state index contributed by atoms with van der Waals surface area (Å²) >= 11 is 3.33. The zero-order chi connectivity index (χ0) is 25.0. The molecule has 1 amide bonds. The van der Waals surface area contributed by atoms with Crippen LogP contribution in [0.1, 0.15) is 10.4 Å². The maximum atomic E-state index is 13.1. The molecule has 2 aromatic carbocycles. The van der Waals surface area contributed by atoms with Gasteiger partial charge in [0, 0.05) is 30.0 Å². The zero-order valence-electron chi connectivity index (χ0n) is 18.2. The lowest BCUT2D eigenvalue weighted by molar-refractivity contribution is 0.0730. The molecule has 35 heavy (non-hydrogen) atoms. The number of sulfonamides is 1. The molecule has 184 valence electrons. The van der Waals surface area contributed by atoms with E-state index in [9.17, 15) is 22.0 Å². The van der Waals surface area contributed by atoms with Gasteiger partial charge in [-0.15, -0.1) is 0 Å². The number of ether oxygens (including phenoxy) is 1. The highest BCUT2D eigenvalue weighted by atomic mass is 35.5. The van der Waals surface area contributed by atoms with E-state index >= 15 is 0 Å². The molecule has 0 radical (unpaired) electrons. The predicted molar refractivity (Wildman–Crippen MR) is 131 cm³/mol. The number of hydrogen-bond donors (Lipinski definition) is 1. The molecule has 3 aromatic rings. The van der Waals surface area contributed by atoms with Crippen molar-refractivity contribution in [1.82, 2.24) is 9.29 Å². The van der Waals surface area contributed by atoms with Gasteiger partial charge in [-0.2, -0.15) is 4.31 Å². The van der Waals surface area contributed by atoms with Gasteiger partial charge >= 0.3 is 0 Å². The van der Waals surface area contributed by atoms with E-state index in [4.69, 9.17) is 16.3 Å². The smallest absolute Gasteiger partial charge is 0.257 e. The fourth-order valence-corrected chi connectivity index (χ4v) is 5.67. The van der Waals surface area contributed by atoms with Gasteiger partial charge in [0.15, 0.2) is 0 Å². The van der Waals surface area contributed by atoms with Gasteiger partial charge in [-0.1, -0.05) is 11.6 Å². The maximum Gasteiger partial charge on any atom is 0.257 e. The van der Waals surface area contributed by atoms with Crippen LogP contribution in [0.3, 0.4) is 0 Å². The summed E-state index contributed by atoms with van der Waals surface area (Å²) < 4.78 is 57.2. The fraction of sp³-hybridized carbons (Fsp3) is 0.182. The highest BCUT2D eigenvalue weighted by Crippen LogP contribution is 2.32. The molecule has 0 spiro atoms. The first-order chi connectivity index (χ1) is 16.8. The van der Waals surface area contributed by atoms with Crippen molar-refractivity contribution in [2.24, 2.45) is 0 Å². The molecule has 1 atom stereocenters. The number of carbonyl (C=O) groups excluding carboxylic acids is 1. The molecular weight excluding hydrogens is 516 g/mol. The number of aromatic nitrogens is 1. The summed E-state index contributed by atoms with van der Waals surface area (Å²) in [5, 5.41) is 2.89. The summed E-state index contributed by atoms with van der Waals surface area (Å²) in [5.74, 6) is -0.634. The summed E-state index contributed by atoms with van der Waals surface area (Å²) in [6.45, 7) is 1.21. The van der Waals surface area contributed by atoms with Crippen LogP contribution in [0.15, 0.2) is 71.9 Å². The van der Waals surface area contributed by atoms with Gasteiger partial charge in [-0.25, -0.2) is 8.42 Å². The van der Waals surface area contributed by atoms with Crippen LogP contribution < -0.4 is 9.62 Å². The van der Waals surface area contributed by atoms with Crippen molar-refractivity contribution < 1.29 is 26.7 Å². The van der Waals surface area contributed by atoms with Crippen LogP contribution in [0.25, 0.3) is 0 Å². The van der Waals surface area contributed by atoms with Crippen LogP contribution >= 0.6 is 11.6 Å². The highest BCUT2D eigenvalue weighted by Gasteiger charge is 2.26. The van der Waals surface area contributed by atoms with Gasteiger partial charge in [0.25, 0.3) is 5.91 Å². The first-order valence-electron chi connectivity index (χ1n) is 10.4. The van der Waals surface area contributed by atoms with Crippen LogP contribution in [0.5, 0.6) is 0 Å². The molecule has 1 saturated heterocycles. The lowest BCUT2D eigenvalue weighted by atomic mass is 10.1. The predicted octanol–water partition coefficient (Wildman–Crippen LogP) is 2.94. The number of nitrogens with one attached hydrogen (secondary N) is 1. The van der Waals surface area contributed by atoms with E-state index in [-0.39, 0.29) is 39.9 Å². The number of hydrogen-bond acceptors (Lipinski definition) is 7. The largest absolute Gasteiger partial charge is 0.755 e. The molecule has 1 N–H and O–H groups in total. The molecule has 1 aromatic heterocycles. The second-order valence-electron chi connectivity index (χ2n) is 7.38. The zero-order valence-corrected chi connectivity index (χ0v) is 20.6. The van der Waals surface area contributed by atoms with Gasteiger partial charge in [0.2, 0.25) is 10.0 Å². The maximum absolute atomic E-state index is 13.1. The van der Waals surface area contributed by atoms with Crippen molar-refractivity contribution in [2.75, 3.05) is 35.9 Å². The minimum Gasteiger partial charge on any atom is -0.755 e. The quantitative estimate of drug-likeness (QED) is 0.460. The molecule has 1 aliphatic rings. The van der Waals surface area contributed by atoms with E-state index in [1.807, 2.05) is 0 Å². The average Bonchev–Trinajstić information content (AvgIpc) is 2.86. The molecular formula is C22H20ClN4O6S2-. The van der Waals surface area contributed by atoms with Gasteiger partial charge in [-0.05, 0) is 54.6 Å². The monoisotopic (exact) mass is 535 g/mol. The Labute approximate surface area is 210 Å². The molecule has 13 heteroatoms. The Morgan fingerprint density at radius 3 is 2.49 bits per heavy atom. The summed E-state index contributed by atoms with van der Waals surface area (Å²) in [6, 6.07) is 13.0. The van der Waals surface area contributed by atoms with Crippen LogP contribution in [0, 0.1) is 0 Å². The number of amides is 1. The number of halogens is 1. The molecule has 1 fully saturated rings. The van der Waals surface area contributed by atoms with Crippen LogP contribution in [-0.4, -0.2) is 58.7 Å². The van der Waals surface area contributed by atoms with Gasteiger partial charge in [-0.3, -0.25) is 18.3 Å². The molecule has 4 rings (SSSR count). The lowest BCUT2D eigenvalue weighted by Crippen LogP contribution is -2.40. The van der Waals surface area contributed by atoms with Gasteiger partial charge in [0.1, 0.15) is 0 Å². The Bertz CT molecular complexity index is 1330. The third-order valence-electron chi connectivity index (χ3n) is 5.17. The van der Waals surface area contributed by atoms with Crippen LogP contribution in [0.2, 0.25) is 5.02 Å². The van der Waals surface area contributed by atoms with E-state index in [1.54, 1.807) is 6.07 Å². The number of pyridine rings is 1. The molecule has 0 aliphatic carbocycles. The molecule has 10 nitrogen and oxygen atoms in total. The fourth-order valence-electron chi connectivity index (χ4n) is 3.49. The summed E-state index contributed by atoms with van der Waals surface area (Å²) in [7, 11) is -3.68. The number of anilines is 3. The topological polar surface area (TPSA) is 132 Å². The minimum atomic E-state index is -3.68. The summed E-state index contributed by atoms with van der Waals surface area (Å²) in [5.41, 5.74) is 0.614. The van der Waals surface area contributed by atoms with E-state index < -0.39 is 27.2 Å². The van der Waals surface area contributed by atoms with E-state index in [2.05, 4.69) is 10.3 Å². The third-order valence-corrected chi connectivity index (χ3v) is 8.03. The van der Waals surface area contributed by atoms with Crippen molar-refractivity contribution in [3.8, 4) is 0 Å². The Hall–Kier alpha value is -2.87. The van der Waals surface area contributed by atoms with Gasteiger partial charge < -0.3 is 14.6 Å². The molecule has 1 aliphatic heterocycles. The molecule has 2 heterocycles. The van der Waals surface area contributed by atoms with E-state index in [1.165, 1.54) is 65.2 Å². The Morgan fingerprint density at radius 1 is 1.14 bits per heavy atom. The van der Waals surface area contributed by atoms with Gasteiger partial charge in [0.05, 0.1) is 52.5 Å². The second kappa shape index (κ2) is 10.8. The van der Waals surface area contributed by atoms with Crippen molar-refractivity contribution in [3.63, 3.8) is 0 Å². The van der Waals surface area contributed by atoms with Crippen LogP contribution in [-0.2, 0) is 26.0 Å². The lowest BCUT2D eigenvalue weighted by Gasteiger charge is -2.28. The van der Waals surface area contributed by atoms with Crippen molar-refractivity contribution in [1.29, 1.82) is 0 Å². The van der Waals surface area contributed by atoms with E-state index in [0.29, 0.717) is 18.9 Å². The van der Waals surface area contributed by atoms with Crippen molar-refractivity contribution in [3.05, 3.63) is 77.6 Å². The Balaban J connectivity index is 1.60. The minimum absolute atomic E-state index is 0.00410. The summed E-state index contributed by atoms with van der Waals surface area (Å²) in [6.07, 6.45) is 2.84. The number of morpholine rings is 1. The first kappa shape index (κ1) is 25.2. The SMILES string of the molecule is O=C(Nc1ccc(S(=O)(=O)N2CCOCC2)cc1)c1cc(Cl)ccc1N(c1cccnc1)S(=O)[O-]. The van der Waals surface area contributed by atoms with Crippen molar-refractivity contribution >= 4 is 55.9 Å². The number of nitrogens with zero attached hydrogens (tertiary/aromatic N) is 3. The van der Waals surface area contributed by atoms with Crippen LogP contribution in [0.4, 0.5) is 17.1 Å². The second-order valence-corrected chi connectivity index (χ2v) is 10.6. The number of benzene rings is 2. The number of carbonyl (C=O) groups is 1. The Kier molecular flexibility index (Phi) is 7.79. The van der Waals surface area contributed by atoms with Crippen molar-refractivity contribution in [2.45, 2.75) is 4.90 Å².